The van der Waals surface area contributed by atoms with Crippen LogP contribution in [0.15, 0.2) is 47.8 Å². The topological polar surface area (TPSA) is 82.3 Å². The summed E-state index contributed by atoms with van der Waals surface area (Å²) in [6, 6.07) is 8.26. The molecule has 4 heterocycles. The van der Waals surface area contributed by atoms with Crippen LogP contribution in [-0.4, -0.2) is 34.4 Å². The molecule has 0 bridgehead atoms. The summed E-state index contributed by atoms with van der Waals surface area (Å²) in [6.45, 7) is 8.07. The smallest absolute Gasteiger partial charge is 0.213 e. The lowest BCUT2D eigenvalue weighted by atomic mass is 10.1. The summed E-state index contributed by atoms with van der Waals surface area (Å²) in [5.74, 6) is 1.91. The molecule has 0 radical (unpaired) electrons. The molecule has 7 nitrogen and oxygen atoms in total. The highest BCUT2D eigenvalue weighted by atomic mass is 16.5. The second-order valence-corrected chi connectivity index (χ2v) is 8.52. The Morgan fingerprint density at radius 3 is 2.62 bits per heavy atom. The summed E-state index contributed by atoms with van der Waals surface area (Å²) in [6.07, 6.45) is 7.87. The Hall–Kier alpha value is -3.19. The molecule has 0 aromatic carbocycles. The van der Waals surface area contributed by atoms with Crippen molar-refractivity contribution in [1.29, 1.82) is 0 Å². The first kappa shape index (κ1) is 20.7. The van der Waals surface area contributed by atoms with Crippen LogP contribution in [0, 0.1) is 6.92 Å². The number of ether oxygens (including phenoxy) is 2. The van der Waals surface area contributed by atoms with Gasteiger partial charge in [-0.3, -0.25) is 4.98 Å². The fourth-order valence-electron chi connectivity index (χ4n) is 3.92. The molecule has 1 N–H and O–H groups in total. The van der Waals surface area contributed by atoms with Crippen LogP contribution in [0.5, 0.6) is 5.88 Å². The predicted molar refractivity (Wildman–Crippen MR) is 121 cm³/mol. The Morgan fingerprint density at radius 2 is 1.94 bits per heavy atom. The molecule has 32 heavy (non-hydrogen) atoms. The molecule has 3 aromatic rings. The van der Waals surface area contributed by atoms with Gasteiger partial charge >= 0.3 is 0 Å². The van der Waals surface area contributed by atoms with Crippen molar-refractivity contribution in [2.24, 2.45) is 0 Å². The van der Waals surface area contributed by atoms with Gasteiger partial charge in [0.1, 0.15) is 18.1 Å². The fraction of sp³-hybridized carbons (Fsp3) is 0.400. The number of rotatable bonds is 8. The first-order valence-electron chi connectivity index (χ1n) is 11.2. The third-order valence-corrected chi connectivity index (χ3v) is 6.00. The zero-order valence-electron chi connectivity index (χ0n) is 18.3. The van der Waals surface area contributed by atoms with Crippen molar-refractivity contribution in [2.45, 2.75) is 51.2 Å². The van der Waals surface area contributed by atoms with Crippen molar-refractivity contribution in [2.75, 3.05) is 13.2 Å². The summed E-state index contributed by atoms with van der Waals surface area (Å²) < 4.78 is 17.2. The van der Waals surface area contributed by atoms with E-state index in [2.05, 4.69) is 27.0 Å². The van der Waals surface area contributed by atoms with Crippen molar-refractivity contribution in [3.63, 3.8) is 0 Å². The molecule has 2 aliphatic rings. The molecule has 5 rings (SSSR count). The van der Waals surface area contributed by atoms with E-state index in [0.717, 1.165) is 78.4 Å². The molecular formula is C25H28N4O3. The van der Waals surface area contributed by atoms with Crippen LogP contribution in [0.4, 0.5) is 0 Å². The maximum Gasteiger partial charge on any atom is 0.213 e. The van der Waals surface area contributed by atoms with Crippen LogP contribution in [0.25, 0.3) is 17.0 Å². The summed E-state index contributed by atoms with van der Waals surface area (Å²) in [5.41, 5.74) is 5.51. The Balaban J connectivity index is 1.27. The lowest BCUT2D eigenvalue weighted by Crippen LogP contribution is -2.33. The summed E-state index contributed by atoms with van der Waals surface area (Å²) >= 11 is 0. The SMILES string of the molecule is C=C(NC1CCOCC1)c1ccc(OCc2c(-c3ccc(C)nc3)noc2C2CC2)nc1. The van der Waals surface area contributed by atoms with Gasteiger partial charge < -0.3 is 19.3 Å². The molecule has 0 atom stereocenters. The lowest BCUT2D eigenvalue weighted by molar-refractivity contribution is 0.0819. The zero-order valence-corrected chi connectivity index (χ0v) is 18.3. The second kappa shape index (κ2) is 9.12. The van der Waals surface area contributed by atoms with Gasteiger partial charge in [-0.2, -0.15) is 0 Å². The zero-order chi connectivity index (χ0) is 21.9. The van der Waals surface area contributed by atoms with E-state index in [1.54, 1.807) is 6.20 Å². The number of aromatic nitrogens is 3. The van der Waals surface area contributed by atoms with Gasteiger partial charge in [0.15, 0.2) is 0 Å². The summed E-state index contributed by atoms with van der Waals surface area (Å²) in [5, 5.41) is 7.82. The minimum Gasteiger partial charge on any atom is -0.473 e. The Morgan fingerprint density at radius 1 is 1.09 bits per heavy atom. The maximum atomic E-state index is 6.04. The second-order valence-electron chi connectivity index (χ2n) is 8.52. The Kier molecular flexibility index (Phi) is 5.90. The average molecular weight is 433 g/mol. The van der Waals surface area contributed by atoms with Gasteiger partial charge in [-0.25, -0.2) is 4.98 Å². The molecule has 3 aromatic heterocycles. The number of hydrogen-bond donors (Lipinski definition) is 1. The van der Waals surface area contributed by atoms with Gasteiger partial charge in [0.25, 0.3) is 0 Å². The van der Waals surface area contributed by atoms with E-state index in [4.69, 9.17) is 14.0 Å². The van der Waals surface area contributed by atoms with Gasteiger partial charge in [0, 0.05) is 66.2 Å². The van der Waals surface area contributed by atoms with Crippen molar-refractivity contribution in [3.05, 3.63) is 65.8 Å². The Labute approximate surface area is 187 Å². The van der Waals surface area contributed by atoms with Crippen LogP contribution in [0.3, 0.4) is 0 Å². The molecule has 0 spiro atoms. The van der Waals surface area contributed by atoms with Crippen LogP contribution in [0.2, 0.25) is 0 Å². The van der Waals surface area contributed by atoms with Gasteiger partial charge in [0.05, 0.1) is 5.56 Å². The fourth-order valence-corrected chi connectivity index (χ4v) is 3.92. The molecular weight excluding hydrogens is 404 g/mol. The van der Waals surface area contributed by atoms with E-state index < -0.39 is 0 Å². The summed E-state index contributed by atoms with van der Waals surface area (Å²) in [4.78, 5) is 8.88. The first-order chi connectivity index (χ1) is 15.7. The minimum atomic E-state index is 0.353. The summed E-state index contributed by atoms with van der Waals surface area (Å²) in [7, 11) is 0. The van der Waals surface area contributed by atoms with Crippen molar-refractivity contribution in [3.8, 4) is 17.1 Å². The van der Waals surface area contributed by atoms with Gasteiger partial charge in [0.2, 0.25) is 5.88 Å². The number of hydrogen-bond acceptors (Lipinski definition) is 7. The van der Waals surface area contributed by atoms with Crippen LogP contribution in [-0.2, 0) is 11.3 Å². The minimum absolute atomic E-state index is 0.353. The highest BCUT2D eigenvalue weighted by Crippen LogP contribution is 2.44. The quantitative estimate of drug-likeness (QED) is 0.555. The van der Waals surface area contributed by atoms with E-state index in [9.17, 15) is 0 Å². The van der Waals surface area contributed by atoms with Crippen LogP contribution >= 0.6 is 0 Å². The van der Waals surface area contributed by atoms with E-state index in [1.165, 1.54) is 0 Å². The van der Waals surface area contributed by atoms with E-state index in [-0.39, 0.29) is 0 Å². The molecule has 0 amide bonds. The van der Waals surface area contributed by atoms with E-state index in [0.29, 0.717) is 24.4 Å². The van der Waals surface area contributed by atoms with Crippen LogP contribution < -0.4 is 10.1 Å². The van der Waals surface area contributed by atoms with Crippen LogP contribution in [0.1, 0.15) is 54.2 Å². The lowest BCUT2D eigenvalue weighted by Gasteiger charge is -2.25. The van der Waals surface area contributed by atoms with Gasteiger partial charge in [-0.15, -0.1) is 0 Å². The molecule has 7 heteroatoms. The normalized spacial score (nSPS) is 16.7. The van der Waals surface area contributed by atoms with E-state index in [1.807, 2.05) is 37.4 Å². The van der Waals surface area contributed by atoms with Crippen molar-refractivity contribution in [1.82, 2.24) is 20.4 Å². The van der Waals surface area contributed by atoms with Crippen molar-refractivity contribution >= 4 is 5.70 Å². The van der Waals surface area contributed by atoms with Crippen molar-refractivity contribution < 1.29 is 14.0 Å². The number of aryl methyl sites for hydroxylation is 1. The maximum absolute atomic E-state index is 6.04. The number of nitrogens with zero attached hydrogens (tertiary/aromatic N) is 3. The highest BCUT2D eigenvalue weighted by molar-refractivity contribution is 5.63. The van der Waals surface area contributed by atoms with Gasteiger partial charge in [-0.1, -0.05) is 11.7 Å². The molecule has 1 aliphatic heterocycles. The van der Waals surface area contributed by atoms with Gasteiger partial charge in [-0.05, 0) is 50.8 Å². The Bertz CT molecular complexity index is 1070. The average Bonchev–Trinajstić information content (AvgIpc) is 3.58. The molecule has 2 fully saturated rings. The molecule has 1 aliphatic carbocycles. The third-order valence-electron chi connectivity index (χ3n) is 6.00. The molecule has 0 unspecified atom stereocenters. The van der Waals surface area contributed by atoms with E-state index >= 15 is 0 Å². The molecule has 1 saturated carbocycles. The number of pyridine rings is 2. The third kappa shape index (κ3) is 4.67. The molecule has 166 valence electrons. The predicted octanol–water partition coefficient (Wildman–Crippen LogP) is 4.64. The molecule has 1 saturated heterocycles. The monoisotopic (exact) mass is 432 g/mol. The highest BCUT2D eigenvalue weighted by Gasteiger charge is 2.33. The largest absolute Gasteiger partial charge is 0.473 e. The first-order valence-corrected chi connectivity index (χ1v) is 11.2. The standard InChI is InChI=1S/C25H28N4O3/c1-16-3-4-20(14-26-16)24-22(25(32-29-24)18-5-6-18)15-31-23-8-7-19(13-27-23)17(2)28-21-9-11-30-12-10-21/h3-4,7-8,13-14,18,21,28H,2,5-6,9-12,15H2,1H3. The number of nitrogens with one attached hydrogen (secondary N) is 1.